The van der Waals surface area contributed by atoms with Gasteiger partial charge in [-0.2, -0.15) is 0 Å². The summed E-state index contributed by atoms with van der Waals surface area (Å²) in [4.78, 5) is 8.51. The summed E-state index contributed by atoms with van der Waals surface area (Å²) in [6.07, 6.45) is 3.74. The second-order valence-corrected chi connectivity index (χ2v) is 5.50. The van der Waals surface area contributed by atoms with Gasteiger partial charge in [0.15, 0.2) is 0 Å². The predicted molar refractivity (Wildman–Crippen MR) is 82.8 cm³/mol. The number of hydrogen-bond donors (Lipinski definition) is 2. The fourth-order valence-corrected chi connectivity index (χ4v) is 2.53. The van der Waals surface area contributed by atoms with Crippen molar-refractivity contribution >= 4 is 11.6 Å². The molecule has 0 amide bonds. The number of nitrogens with one attached hydrogen (secondary N) is 2. The molecule has 1 atom stereocenters. The van der Waals surface area contributed by atoms with Gasteiger partial charge in [0, 0.05) is 24.8 Å². The van der Waals surface area contributed by atoms with Crippen LogP contribution in [0.4, 0.5) is 11.6 Å². The Morgan fingerprint density at radius 2 is 2.14 bits per heavy atom. The Hall–Kier alpha value is -2.15. The Morgan fingerprint density at radius 1 is 1.27 bits per heavy atom. The second kappa shape index (κ2) is 6.74. The quantitative estimate of drug-likeness (QED) is 0.876. The number of ether oxygens (including phenoxy) is 1. The van der Waals surface area contributed by atoms with Gasteiger partial charge < -0.3 is 19.9 Å². The summed E-state index contributed by atoms with van der Waals surface area (Å²) in [6, 6.07) is 2.23. The lowest BCUT2D eigenvalue weighted by Gasteiger charge is -2.23. The van der Waals surface area contributed by atoms with E-state index in [1.165, 1.54) is 0 Å². The summed E-state index contributed by atoms with van der Waals surface area (Å²) in [5, 5.41) is 10.6. The summed E-state index contributed by atoms with van der Waals surface area (Å²) < 4.78 is 10.6. The van der Waals surface area contributed by atoms with E-state index in [2.05, 4.69) is 25.8 Å². The van der Waals surface area contributed by atoms with Gasteiger partial charge in [-0.05, 0) is 26.7 Å². The van der Waals surface area contributed by atoms with E-state index in [0.29, 0.717) is 12.6 Å². The first-order chi connectivity index (χ1) is 10.7. The summed E-state index contributed by atoms with van der Waals surface area (Å²) in [5.41, 5.74) is 1.96. The smallest absolute Gasteiger partial charge is 0.138 e. The molecule has 3 heterocycles. The van der Waals surface area contributed by atoms with Crippen molar-refractivity contribution < 1.29 is 9.26 Å². The van der Waals surface area contributed by atoms with Crippen LogP contribution in [-0.4, -0.2) is 34.4 Å². The third-order valence-electron chi connectivity index (χ3n) is 3.81. The lowest BCUT2D eigenvalue weighted by Crippen LogP contribution is -2.30. The Kier molecular flexibility index (Phi) is 4.53. The minimum Gasteiger partial charge on any atom is -0.379 e. The Balaban J connectivity index is 1.61. The van der Waals surface area contributed by atoms with Gasteiger partial charge in [-0.1, -0.05) is 5.16 Å². The van der Waals surface area contributed by atoms with Gasteiger partial charge in [-0.3, -0.25) is 0 Å². The summed E-state index contributed by atoms with van der Waals surface area (Å²) >= 11 is 0. The Labute approximate surface area is 129 Å². The van der Waals surface area contributed by atoms with Gasteiger partial charge in [0.1, 0.15) is 23.7 Å². The fraction of sp³-hybridized carbons (Fsp3) is 0.533. The molecule has 0 bridgehead atoms. The number of anilines is 2. The standard InChI is InChI=1S/C15H21N5O2/c1-10-13(11(2)22-20-10)7-16-14-6-15(18-9-17-14)19-12-4-3-5-21-8-12/h6,9,12H,3-5,7-8H2,1-2H3,(H2,16,17,18,19)/t12-/m1/s1. The average Bonchev–Trinajstić information content (AvgIpc) is 2.85. The zero-order chi connectivity index (χ0) is 15.4. The highest BCUT2D eigenvalue weighted by molar-refractivity contribution is 5.47. The molecule has 1 aliphatic rings. The van der Waals surface area contributed by atoms with Gasteiger partial charge >= 0.3 is 0 Å². The van der Waals surface area contributed by atoms with Crippen molar-refractivity contribution in [1.29, 1.82) is 0 Å². The molecule has 2 aromatic rings. The third-order valence-corrected chi connectivity index (χ3v) is 3.81. The van der Waals surface area contributed by atoms with Crippen LogP contribution in [0.3, 0.4) is 0 Å². The maximum atomic E-state index is 5.47. The van der Waals surface area contributed by atoms with Crippen LogP contribution in [0.5, 0.6) is 0 Å². The zero-order valence-corrected chi connectivity index (χ0v) is 12.9. The van der Waals surface area contributed by atoms with E-state index in [1.54, 1.807) is 6.33 Å². The molecule has 0 radical (unpaired) electrons. The molecule has 0 unspecified atom stereocenters. The molecule has 1 saturated heterocycles. The molecule has 3 rings (SSSR count). The Bertz CT molecular complexity index is 603. The van der Waals surface area contributed by atoms with E-state index >= 15 is 0 Å². The van der Waals surface area contributed by atoms with E-state index in [4.69, 9.17) is 9.26 Å². The highest BCUT2D eigenvalue weighted by atomic mass is 16.5. The molecule has 2 aromatic heterocycles. The van der Waals surface area contributed by atoms with Crippen LogP contribution in [-0.2, 0) is 11.3 Å². The molecule has 22 heavy (non-hydrogen) atoms. The van der Waals surface area contributed by atoms with Crippen molar-refractivity contribution in [3.63, 3.8) is 0 Å². The molecular formula is C15H21N5O2. The largest absolute Gasteiger partial charge is 0.379 e. The van der Waals surface area contributed by atoms with E-state index in [-0.39, 0.29) is 0 Å². The maximum Gasteiger partial charge on any atom is 0.138 e. The van der Waals surface area contributed by atoms with Crippen molar-refractivity contribution in [2.24, 2.45) is 0 Å². The monoisotopic (exact) mass is 303 g/mol. The van der Waals surface area contributed by atoms with E-state index in [0.717, 1.165) is 54.7 Å². The van der Waals surface area contributed by atoms with Crippen molar-refractivity contribution in [3.8, 4) is 0 Å². The summed E-state index contributed by atoms with van der Waals surface area (Å²) in [5.74, 6) is 2.41. The van der Waals surface area contributed by atoms with Crippen LogP contribution in [0, 0.1) is 13.8 Å². The molecule has 0 saturated carbocycles. The number of aromatic nitrogens is 3. The topological polar surface area (TPSA) is 85.1 Å². The fourth-order valence-electron chi connectivity index (χ4n) is 2.53. The van der Waals surface area contributed by atoms with Crippen LogP contribution >= 0.6 is 0 Å². The molecule has 7 heteroatoms. The maximum absolute atomic E-state index is 5.47. The van der Waals surface area contributed by atoms with Crippen LogP contribution in [0.15, 0.2) is 16.9 Å². The molecule has 7 nitrogen and oxygen atoms in total. The van der Waals surface area contributed by atoms with Crippen molar-refractivity contribution in [1.82, 2.24) is 15.1 Å². The van der Waals surface area contributed by atoms with Crippen molar-refractivity contribution in [2.75, 3.05) is 23.8 Å². The molecule has 1 fully saturated rings. The van der Waals surface area contributed by atoms with Gasteiger partial charge in [0.05, 0.1) is 18.3 Å². The van der Waals surface area contributed by atoms with E-state index in [1.807, 2.05) is 19.9 Å². The van der Waals surface area contributed by atoms with E-state index in [9.17, 15) is 0 Å². The highest BCUT2D eigenvalue weighted by Crippen LogP contribution is 2.17. The minimum atomic E-state index is 0.319. The van der Waals surface area contributed by atoms with Crippen molar-refractivity contribution in [2.45, 2.75) is 39.3 Å². The van der Waals surface area contributed by atoms with Crippen LogP contribution < -0.4 is 10.6 Å². The number of nitrogens with zero attached hydrogens (tertiary/aromatic N) is 3. The molecular weight excluding hydrogens is 282 g/mol. The van der Waals surface area contributed by atoms with Gasteiger partial charge in [-0.15, -0.1) is 0 Å². The van der Waals surface area contributed by atoms with Gasteiger partial charge in [0.25, 0.3) is 0 Å². The second-order valence-electron chi connectivity index (χ2n) is 5.50. The SMILES string of the molecule is Cc1noc(C)c1CNc1cc(N[C@@H]2CCCOC2)ncn1. The normalized spacial score (nSPS) is 18.2. The van der Waals surface area contributed by atoms with Crippen LogP contribution in [0.1, 0.15) is 29.9 Å². The van der Waals surface area contributed by atoms with Gasteiger partial charge in [0.2, 0.25) is 0 Å². The molecule has 0 aromatic carbocycles. The zero-order valence-electron chi connectivity index (χ0n) is 12.9. The minimum absolute atomic E-state index is 0.319. The molecule has 0 aliphatic carbocycles. The molecule has 0 spiro atoms. The predicted octanol–water partition coefficient (Wildman–Crippen LogP) is 2.28. The first kappa shape index (κ1) is 14.8. The molecule has 118 valence electrons. The average molecular weight is 303 g/mol. The van der Waals surface area contributed by atoms with Crippen molar-refractivity contribution in [3.05, 3.63) is 29.4 Å². The lowest BCUT2D eigenvalue weighted by atomic mass is 10.1. The number of hydrogen-bond acceptors (Lipinski definition) is 7. The number of rotatable bonds is 5. The number of aryl methyl sites for hydroxylation is 2. The first-order valence-electron chi connectivity index (χ1n) is 7.54. The Morgan fingerprint density at radius 3 is 2.86 bits per heavy atom. The molecule has 1 aliphatic heterocycles. The highest BCUT2D eigenvalue weighted by Gasteiger charge is 2.14. The third kappa shape index (κ3) is 3.54. The first-order valence-corrected chi connectivity index (χ1v) is 7.54. The molecule has 2 N–H and O–H groups in total. The van der Waals surface area contributed by atoms with Crippen LogP contribution in [0.25, 0.3) is 0 Å². The van der Waals surface area contributed by atoms with Gasteiger partial charge in [-0.25, -0.2) is 9.97 Å². The summed E-state index contributed by atoms with van der Waals surface area (Å²) in [6.45, 7) is 6.05. The summed E-state index contributed by atoms with van der Waals surface area (Å²) in [7, 11) is 0. The lowest BCUT2D eigenvalue weighted by molar-refractivity contribution is 0.0875. The van der Waals surface area contributed by atoms with Crippen LogP contribution in [0.2, 0.25) is 0 Å². The van der Waals surface area contributed by atoms with E-state index < -0.39 is 0 Å².